The van der Waals surface area contributed by atoms with E-state index >= 15 is 0 Å². The number of benzene rings is 2. The van der Waals surface area contributed by atoms with Gasteiger partial charge in [-0.3, -0.25) is 4.79 Å². The average Bonchev–Trinajstić information content (AvgIpc) is 3.29. The second-order valence-electron chi connectivity index (χ2n) is 10.6. The number of ether oxygens (including phenoxy) is 2. The van der Waals surface area contributed by atoms with Crippen LogP contribution in [-0.4, -0.2) is 62.1 Å². The van der Waals surface area contributed by atoms with Crippen LogP contribution in [0.4, 0.5) is 10.7 Å². The molecule has 2 aromatic heterocycles. The highest BCUT2D eigenvalue weighted by molar-refractivity contribution is 5.77. The van der Waals surface area contributed by atoms with Gasteiger partial charge in [0.2, 0.25) is 5.95 Å². The van der Waals surface area contributed by atoms with E-state index in [0.717, 1.165) is 11.1 Å². The molecule has 0 radical (unpaired) electrons. The molecule has 0 saturated carbocycles. The normalized spacial score (nSPS) is 14.1. The smallest absolute Gasteiger partial charge is 0.410 e. The molecule has 0 aliphatic carbocycles. The predicted octanol–water partition coefficient (Wildman–Crippen LogP) is 3.87. The summed E-state index contributed by atoms with van der Waals surface area (Å²) in [7, 11) is 0. The number of nitrogens with zero attached hydrogens (tertiary/aromatic N) is 6. The van der Waals surface area contributed by atoms with E-state index in [-0.39, 0.29) is 18.4 Å². The first kappa shape index (κ1) is 26.4. The molecule has 1 amide bonds. The van der Waals surface area contributed by atoms with E-state index in [4.69, 9.17) is 14.5 Å². The van der Waals surface area contributed by atoms with Gasteiger partial charge in [0.15, 0.2) is 0 Å². The van der Waals surface area contributed by atoms with Crippen LogP contribution >= 0.6 is 0 Å². The molecule has 2 aromatic carbocycles. The fourth-order valence-corrected chi connectivity index (χ4v) is 4.56. The molecular weight excluding hydrogens is 496 g/mol. The number of fused-ring (bicyclic) bond motifs is 1. The lowest BCUT2D eigenvalue weighted by Crippen LogP contribution is -2.50. The van der Waals surface area contributed by atoms with Gasteiger partial charge in [-0.05, 0) is 31.9 Å². The van der Waals surface area contributed by atoms with Crippen molar-refractivity contribution in [1.82, 2.24) is 24.2 Å². The van der Waals surface area contributed by atoms with Crippen LogP contribution < -0.4 is 10.5 Å². The highest BCUT2D eigenvalue weighted by atomic mass is 16.6. The van der Waals surface area contributed by atoms with Crippen LogP contribution in [0.15, 0.2) is 71.7 Å². The van der Waals surface area contributed by atoms with Crippen LogP contribution in [0.5, 0.6) is 0 Å². The maximum Gasteiger partial charge on any atom is 0.410 e. The molecule has 0 bridgehead atoms. The Labute approximate surface area is 227 Å². The molecule has 39 heavy (non-hydrogen) atoms. The number of amides is 1. The van der Waals surface area contributed by atoms with Crippen molar-refractivity contribution in [2.75, 3.05) is 31.1 Å². The third kappa shape index (κ3) is 6.28. The second-order valence-corrected chi connectivity index (χ2v) is 10.6. The molecule has 1 aliphatic heterocycles. The summed E-state index contributed by atoms with van der Waals surface area (Å²) >= 11 is 0. The highest BCUT2D eigenvalue weighted by Crippen LogP contribution is 2.23. The van der Waals surface area contributed by atoms with Gasteiger partial charge in [0, 0.05) is 26.2 Å². The third-order valence-electron chi connectivity index (χ3n) is 6.45. The topological polar surface area (TPSA) is 94.7 Å². The number of hydrogen-bond donors (Lipinski definition) is 0. The molecule has 10 heteroatoms. The fraction of sp³-hybridized carbons (Fsp3) is 0.379. The molecule has 0 unspecified atom stereocenters. The van der Waals surface area contributed by atoms with Crippen molar-refractivity contribution in [2.24, 2.45) is 0 Å². The molecule has 3 heterocycles. The Hall–Kier alpha value is -4.18. The lowest BCUT2D eigenvalue weighted by molar-refractivity contribution is 0.0240. The Morgan fingerprint density at radius 1 is 0.923 bits per heavy atom. The number of aromatic nitrogens is 4. The largest absolute Gasteiger partial charge is 0.444 e. The number of carbonyl (C=O) groups excluding carboxylic acids is 1. The molecule has 204 valence electrons. The van der Waals surface area contributed by atoms with Gasteiger partial charge in [-0.15, -0.1) is 0 Å². The summed E-state index contributed by atoms with van der Waals surface area (Å²) in [5, 5.41) is 4.33. The number of rotatable bonds is 7. The maximum atomic E-state index is 13.6. The molecule has 0 atom stereocenters. The zero-order chi connectivity index (χ0) is 27.4. The van der Waals surface area contributed by atoms with Gasteiger partial charge in [0.25, 0.3) is 5.56 Å². The lowest BCUT2D eigenvalue weighted by Gasteiger charge is -2.36. The van der Waals surface area contributed by atoms with Crippen molar-refractivity contribution in [1.29, 1.82) is 0 Å². The molecule has 0 N–H and O–H groups in total. The SMILES string of the molecule is CC(C)(C)OC(=O)N1CCN(c2nc3cnn(COCc4ccccc4)c(=O)c3n2Cc2ccccc2)CC1. The minimum absolute atomic E-state index is 0.0318. The summed E-state index contributed by atoms with van der Waals surface area (Å²) in [4.78, 5) is 34.8. The van der Waals surface area contributed by atoms with Gasteiger partial charge in [-0.1, -0.05) is 60.7 Å². The Morgan fingerprint density at radius 2 is 1.56 bits per heavy atom. The van der Waals surface area contributed by atoms with Crippen molar-refractivity contribution in [3.8, 4) is 0 Å². The van der Waals surface area contributed by atoms with E-state index < -0.39 is 5.60 Å². The summed E-state index contributed by atoms with van der Waals surface area (Å²) in [5.74, 6) is 0.680. The Kier molecular flexibility index (Phi) is 7.65. The first-order valence-corrected chi connectivity index (χ1v) is 13.1. The molecular formula is C29H34N6O4. The number of anilines is 1. The first-order valence-electron chi connectivity index (χ1n) is 13.1. The summed E-state index contributed by atoms with van der Waals surface area (Å²) in [5.41, 5.74) is 2.27. The molecule has 4 aromatic rings. The zero-order valence-electron chi connectivity index (χ0n) is 22.6. The van der Waals surface area contributed by atoms with Crippen LogP contribution in [0.3, 0.4) is 0 Å². The summed E-state index contributed by atoms with van der Waals surface area (Å²) < 4.78 is 14.6. The minimum atomic E-state index is -0.546. The van der Waals surface area contributed by atoms with E-state index in [1.54, 1.807) is 11.1 Å². The highest BCUT2D eigenvalue weighted by Gasteiger charge is 2.29. The van der Waals surface area contributed by atoms with Gasteiger partial charge in [-0.2, -0.15) is 5.10 Å². The Bertz CT molecular complexity index is 1470. The van der Waals surface area contributed by atoms with Gasteiger partial charge in [-0.25, -0.2) is 14.5 Å². The van der Waals surface area contributed by atoms with Crippen molar-refractivity contribution >= 4 is 23.1 Å². The van der Waals surface area contributed by atoms with E-state index in [1.807, 2.05) is 86.0 Å². The first-order chi connectivity index (χ1) is 18.8. The number of piperazine rings is 1. The van der Waals surface area contributed by atoms with Gasteiger partial charge >= 0.3 is 6.09 Å². The van der Waals surface area contributed by atoms with Crippen LogP contribution in [0.2, 0.25) is 0 Å². The summed E-state index contributed by atoms with van der Waals surface area (Å²) in [6.45, 7) is 8.61. The molecule has 1 saturated heterocycles. The van der Waals surface area contributed by atoms with Crippen LogP contribution in [-0.2, 0) is 29.4 Å². The van der Waals surface area contributed by atoms with E-state index in [1.165, 1.54) is 4.68 Å². The van der Waals surface area contributed by atoms with Gasteiger partial charge in [0.1, 0.15) is 23.4 Å². The van der Waals surface area contributed by atoms with Crippen molar-refractivity contribution in [3.05, 3.63) is 88.3 Å². The monoisotopic (exact) mass is 530 g/mol. The fourth-order valence-electron chi connectivity index (χ4n) is 4.56. The number of imidazole rings is 1. The minimum Gasteiger partial charge on any atom is -0.444 e. The standard InChI is InChI=1S/C29H34N6O4/c1-29(2,3)39-28(37)33-16-14-32(15-17-33)27-31-24-18-30-35(21-38-20-23-12-8-5-9-13-23)26(36)25(24)34(27)19-22-10-6-4-7-11-22/h4-13,18H,14-17,19-21H2,1-3H3. The van der Waals surface area contributed by atoms with Gasteiger partial charge < -0.3 is 23.8 Å². The molecule has 10 nitrogen and oxygen atoms in total. The summed E-state index contributed by atoms with van der Waals surface area (Å²) in [6, 6.07) is 19.8. The summed E-state index contributed by atoms with van der Waals surface area (Å²) in [6.07, 6.45) is 1.30. The average molecular weight is 531 g/mol. The molecule has 0 spiro atoms. The van der Waals surface area contributed by atoms with Gasteiger partial charge in [0.05, 0.1) is 19.3 Å². The van der Waals surface area contributed by atoms with Crippen LogP contribution in [0.25, 0.3) is 11.0 Å². The van der Waals surface area contributed by atoms with Crippen molar-refractivity contribution < 1.29 is 14.3 Å². The van der Waals surface area contributed by atoms with E-state index in [2.05, 4.69) is 10.00 Å². The van der Waals surface area contributed by atoms with E-state index in [9.17, 15) is 9.59 Å². The Balaban J connectivity index is 1.41. The third-order valence-corrected chi connectivity index (χ3v) is 6.45. The second kappa shape index (κ2) is 11.3. The quantitative estimate of drug-likeness (QED) is 0.358. The molecule has 1 fully saturated rings. The predicted molar refractivity (Wildman–Crippen MR) is 149 cm³/mol. The Morgan fingerprint density at radius 3 is 2.21 bits per heavy atom. The number of carbonyl (C=O) groups is 1. The van der Waals surface area contributed by atoms with Crippen LogP contribution in [0, 0.1) is 0 Å². The lowest BCUT2D eigenvalue weighted by atomic mass is 10.2. The maximum absolute atomic E-state index is 13.6. The molecule has 5 rings (SSSR count). The van der Waals surface area contributed by atoms with Crippen molar-refractivity contribution in [3.63, 3.8) is 0 Å². The number of hydrogen-bond acceptors (Lipinski definition) is 7. The zero-order valence-corrected chi connectivity index (χ0v) is 22.6. The van der Waals surface area contributed by atoms with E-state index in [0.29, 0.717) is 56.3 Å². The van der Waals surface area contributed by atoms with Crippen molar-refractivity contribution in [2.45, 2.75) is 46.3 Å². The van der Waals surface area contributed by atoms with Crippen LogP contribution in [0.1, 0.15) is 31.9 Å². The molecule has 1 aliphatic rings.